The summed E-state index contributed by atoms with van der Waals surface area (Å²) in [6, 6.07) is 6.27. The smallest absolute Gasteiger partial charge is 0.323 e. The quantitative estimate of drug-likeness (QED) is 0.827. The van der Waals surface area contributed by atoms with Crippen molar-refractivity contribution in [3.63, 3.8) is 0 Å². The first kappa shape index (κ1) is 15.1. The summed E-state index contributed by atoms with van der Waals surface area (Å²) in [5.74, 6) is -1.56. The molecule has 0 radical (unpaired) electrons. The molecule has 0 aliphatic rings. The molecule has 0 spiro atoms. The summed E-state index contributed by atoms with van der Waals surface area (Å²) in [6.45, 7) is 3.54. The van der Waals surface area contributed by atoms with Gasteiger partial charge in [0, 0.05) is 12.1 Å². The maximum absolute atomic E-state index is 13.8. The van der Waals surface area contributed by atoms with Gasteiger partial charge in [-0.1, -0.05) is 25.5 Å². The second-order valence-electron chi connectivity index (χ2n) is 4.63. The van der Waals surface area contributed by atoms with Gasteiger partial charge in [0.15, 0.2) is 0 Å². The first-order valence-corrected chi connectivity index (χ1v) is 6.10. The van der Waals surface area contributed by atoms with Crippen molar-refractivity contribution in [3.05, 3.63) is 35.1 Å². The van der Waals surface area contributed by atoms with E-state index in [9.17, 15) is 14.3 Å². The molecule has 1 aromatic carbocycles. The first-order valence-electron chi connectivity index (χ1n) is 6.10. The number of benzene rings is 1. The Hall–Kier alpha value is -1.93. The molecule has 5 heteroatoms. The van der Waals surface area contributed by atoms with Crippen LogP contribution in [0.5, 0.6) is 0 Å². The first-order chi connectivity index (χ1) is 8.94. The lowest BCUT2D eigenvalue weighted by Crippen LogP contribution is -2.49. The van der Waals surface area contributed by atoms with Gasteiger partial charge in [-0.15, -0.1) is 0 Å². The van der Waals surface area contributed by atoms with Crippen LogP contribution in [0.25, 0.3) is 0 Å². The average molecular weight is 264 g/mol. The summed E-state index contributed by atoms with van der Waals surface area (Å²) >= 11 is 0. The van der Waals surface area contributed by atoms with E-state index in [0.717, 1.165) is 0 Å². The fourth-order valence-electron chi connectivity index (χ4n) is 1.86. The van der Waals surface area contributed by atoms with Gasteiger partial charge < -0.3 is 5.11 Å². The van der Waals surface area contributed by atoms with E-state index in [1.54, 1.807) is 19.1 Å². The second-order valence-corrected chi connectivity index (χ2v) is 4.63. The van der Waals surface area contributed by atoms with Crippen LogP contribution in [-0.4, -0.2) is 16.6 Å². The van der Waals surface area contributed by atoms with Crippen molar-refractivity contribution in [1.29, 1.82) is 5.26 Å². The second kappa shape index (κ2) is 6.30. The van der Waals surface area contributed by atoms with Crippen molar-refractivity contribution < 1.29 is 14.3 Å². The van der Waals surface area contributed by atoms with E-state index in [-0.39, 0.29) is 12.1 Å². The number of carboxylic acid groups (broad SMARTS) is 1. The van der Waals surface area contributed by atoms with Gasteiger partial charge in [-0.2, -0.15) is 5.26 Å². The number of carbonyl (C=O) groups is 1. The number of rotatable bonds is 6. The summed E-state index contributed by atoms with van der Waals surface area (Å²) in [5, 5.41) is 20.8. The summed E-state index contributed by atoms with van der Waals surface area (Å²) in [6.07, 6.45) is 1.15. The van der Waals surface area contributed by atoms with Gasteiger partial charge >= 0.3 is 5.97 Å². The number of nitrogens with zero attached hydrogens (tertiary/aromatic N) is 1. The summed E-state index contributed by atoms with van der Waals surface area (Å²) in [4.78, 5) is 11.2. The highest BCUT2D eigenvalue weighted by Gasteiger charge is 2.31. The molecule has 1 unspecified atom stereocenters. The number of carboxylic acids is 1. The number of hydrogen-bond donors (Lipinski definition) is 2. The Morgan fingerprint density at radius 1 is 1.58 bits per heavy atom. The standard InChI is InChI=1S/C14H17FN2O2/c1-3-7-14(2,13(18)19)17-9-11-6-4-5-10(8-16)12(11)15/h4-6,17H,3,7,9H2,1-2H3,(H,18,19). The molecule has 0 amide bonds. The molecule has 102 valence electrons. The minimum atomic E-state index is -1.09. The highest BCUT2D eigenvalue weighted by Crippen LogP contribution is 2.16. The highest BCUT2D eigenvalue weighted by atomic mass is 19.1. The van der Waals surface area contributed by atoms with Gasteiger partial charge in [0.25, 0.3) is 0 Å². The molecule has 0 fully saturated rings. The maximum Gasteiger partial charge on any atom is 0.323 e. The molecule has 0 bridgehead atoms. The Bertz CT molecular complexity index is 511. The van der Waals surface area contributed by atoms with E-state index in [0.29, 0.717) is 18.4 Å². The van der Waals surface area contributed by atoms with E-state index >= 15 is 0 Å². The minimum absolute atomic E-state index is 0.0354. The van der Waals surface area contributed by atoms with Crippen molar-refractivity contribution in [2.45, 2.75) is 38.8 Å². The molecular formula is C14H17FN2O2. The molecule has 1 aromatic rings. The molecule has 0 aliphatic carbocycles. The number of nitriles is 1. The molecule has 2 N–H and O–H groups in total. The molecule has 0 heterocycles. The van der Waals surface area contributed by atoms with Crippen molar-refractivity contribution in [2.75, 3.05) is 0 Å². The predicted molar refractivity (Wildman–Crippen MR) is 68.9 cm³/mol. The molecule has 0 aliphatic heterocycles. The summed E-state index contributed by atoms with van der Waals surface area (Å²) in [7, 11) is 0. The van der Waals surface area contributed by atoms with Crippen molar-refractivity contribution in [1.82, 2.24) is 5.32 Å². The lowest BCUT2D eigenvalue weighted by Gasteiger charge is -2.26. The third kappa shape index (κ3) is 3.52. The zero-order valence-corrected chi connectivity index (χ0v) is 11.0. The van der Waals surface area contributed by atoms with Crippen molar-refractivity contribution in [3.8, 4) is 6.07 Å². The van der Waals surface area contributed by atoms with E-state index < -0.39 is 17.3 Å². The van der Waals surface area contributed by atoms with Crippen LogP contribution in [0.1, 0.15) is 37.8 Å². The molecule has 4 nitrogen and oxygen atoms in total. The van der Waals surface area contributed by atoms with E-state index in [1.807, 2.05) is 6.92 Å². The third-order valence-electron chi connectivity index (χ3n) is 3.09. The molecule has 0 aromatic heterocycles. The van der Waals surface area contributed by atoms with E-state index in [1.165, 1.54) is 12.1 Å². The zero-order valence-electron chi connectivity index (χ0n) is 11.0. The summed E-state index contributed by atoms with van der Waals surface area (Å²) in [5.41, 5.74) is -0.835. The number of aliphatic carboxylic acids is 1. The van der Waals surface area contributed by atoms with Crippen molar-refractivity contribution >= 4 is 5.97 Å². The van der Waals surface area contributed by atoms with E-state index in [4.69, 9.17) is 5.26 Å². The fourth-order valence-corrected chi connectivity index (χ4v) is 1.86. The Kier molecular flexibility index (Phi) is 5.02. The normalized spacial score (nSPS) is 13.6. The van der Waals surface area contributed by atoms with Crippen LogP contribution >= 0.6 is 0 Å². The fraction of sp³-hybridized carbons (Fsp3) is 0.429. The number of nitrogens with one attached hydrogen (secondary N) is 1. The van der Waals surface area contributed by atoms with E-state index in [2.05, 4.69) is 5.32 Å². The van der Waals surface area contributed by atoms with Crippen LogP contribution in [0.15, 0.2) is 18.2 Å². The maximum atomic E-state index is 13.8. The average Bonchev–Trinajstić information content (AvgIpc) is 2.37. The number of hydrogen-bond acceptors (Lipinski definition) is 3. The monoisotopic (exact) mass is 264 g/mol. The lowest BCUT2D eigenvalue weighted by molar-refractivity contribution is -0.144. The highest BCUT2D eigenvalue weighted by molar-refractivity contribution is 5.78. The largest absolute Gasteiger partial charge is 0.480 e. The van der Waals surface area contributed by atoms with Gasteiger partial charge in [0.2, 0.25) is 0 Å². The molecule has 1 rings (SSSR count). The van der Waals surface area contributed by atoms with Gasteiger partial charge in [-0.05, 0) is 19.4 Å². The molecule has 19 heavy (non-hydrogen) atoms. The van der Waals surface area contributed by atoms with Crippen LogP contribution in [0.2, 0.25) is 0 Å². The van der Waals surface area contributed by atoms with Crippen LogP contribution in [0.4, 0.5) is 4.39 Å². The van der Waals surface area contributed by atoms with Gasteiger partial charge in [0.05, 0.1) is 5.56 Å². The van der Waals surface area contributed by atoms with Crippen LogP contribution in [0.3, 0.4) is 0 Å². The van der Waals surface area contributed by atoms with Crippen molar-refractivity contribution in [2.24, 2.45) is 0 Å². The van der Waals surface area contributed by atoms with Gasteiger partial charge in [-0.3, -0.25) is 10.1 Å². The third-order valence-corrected chi connectivity index (χ3v) is 3.09. The molecular weight excluding hydrogens is 247 g/mol. The lowest BCUT2D eigenvalue weighted by atomic mass is 9.96. The topological polar surface area (TPSA) is 73.1 Å². The van der Waals surface area contributed by atoms with Crippen LogP contribution < -0.4 is 5.32 Å². The van der Waals surface area contributed by atoms with Gasteiger partial charge in [0.1, 0.15) is 17.4 Å². The molecule has 1 atom stereocenters. The predicted octanol–water partition coefficient (Wildman–Crippen LogP) is 2.43. The minimum Gasteiger partial charge on any atom is -0.480 e. The molecule has 0 saturated heterocycles. The van der Waals surface area contributed by atoms with Crippen LogP contribution in [0, 0.1) is 17.1 Å². The Morgan fingerprint density at radius 2 is 2.26 bits per heavy atom. The van der Waals surface area contributed by atoms with Gasteiger partial charge in [-0.25, -0.2) is 4.39 Å². The Labute approximate surface area is 111 Å². The number of halogens is 1. The van der Waals surface area contributed by atoms with Crippen LogP contribution in [-0.2, 0) is 11.3 Å². The zero-order chi connectivity index (χ0) is 14.5. The Balaban J connectivity index is 2.87. The summed E-state index contributed by atoms with van der Waals surface area (Å²) < 4.78 is 13.8. The Morgan fingerprint density at radius 3 is 2.79 bits per heavy atom. The SMILES string of the molecule is CCCC(C)(NCc1cccc(C#N)c1F)C(=O)O. The molecule has 0 saturated carbocycles.